The van der Waals surface area contributed by atoms with Crippen LogP contribution in [0.4, 0.5) is 10.1 Å². The highest BCUT2D eigenvalue weighted by molar-refractivity contribution is 9.10. The van der Waals surface area contributed by atoms with Gasteiger partial charge in [0.15, 0.2) is 0 Å². The number of aliphatic carboxylic acids is 1. The van der Waals surface area contributed by atoms with E-state index in [0.29, 0.717) is 15.7 Å². The summed E-state index contributed by atoms with van der Waals surface area (Å²) in [5.41, 5.74) is 1.00. The summed E-state index contributed by atoms with van der Waals surface area (Å²) in [6, 6.07) is 2.52. The van der Waals surface area contributed by atoms with Crippen LogP contribution in [0.25, 0.3) is 0 Å². The first-order chi connectivity index (χ1) is 6.59. The fourth-order valence-electron chi connectivity index (χ4n) is 1.52. The molecule has 1 aromatic rings. The number of benzene rings is 1. The van der Waals surface area contributed by atoms with Crippen LogP contribution in [0.5, 0.6) is 0 Å². The van der Waals surface area contributed by atoms with E-state index in [1.165, 1.54) is 0 Å². The van der Waals surface area contributed by atoms with Crippen LogP contribution in [0.3, 0.4) is 0 Å². The van der Waals surface area contributed by atoms with Gasteiger partial charge in [-0.15, -0.1) is 0 Å². The van der Waals surface area contributed by atoms with Gasteiger partial charge in [-0.2, -0.15) is 0 Å². The maximum atomic E-state index is 13.5. The second kappa shape index (κ2) is 3.24. The topological polar surface area (TPSA) is 49.3 Å². The van der Waals surface area contributed by atoms with Gasteiger partial charge in [0, 0.05) is 17.7 Å². The molecule has 1 aliphatic heterocycles. The van der Waals surface area contributed by atoms with Crippen LogP contribution >= 0.6 is 15.9 Å². The molecule has 0 aliphatic carbocycles. The molecule has 0 aromatic heterocycles. The van der Waals surface area contributed by atoms with Crippen molar-refractivity contribution in [2.24, 2.45) is 0 Å². The zero-order valence-electron chi connectivity index (χ0n) is 7.05. The Morgan fingerprint density at radius 1 is 1.64 bits per heavy atom. The Balaban J connectivity index is 2.40. The lowest BCUT2D eigenvalue weighted by molar-refractivity contribution is -0.137. The van der Waals surface area contributed by atoms with Crippen LogP contribution in [0, 0.1) is 5.82 Å². The first kappa shape index (κ1) is 9.45. The SMILES string of the molecule is O=C(O)C1Cc2c(ccc(Br)c2F)N1. The van der Waals surface area contributed by atoms with E-state index in [1.807, 2.05) is 0 Å². The van der Waals surface area contributed by atoms with Gasteiger partial charge < -0.3 is 10.4 Å². The molecule has 0 radical (unpaired) electrons. The lowest BCUT2D eigenvalue weighted by Crippen LogP contribution is -2.26. The summed E-state index contributed by atoms with van der Waals surface area (Å²) in [6.45, 7) is 0. The van der Waals surface area contributed by atoms with Crippen molar-refractivity contribution in [1.29, 1.82) is 0 Å². The third kappa shape index (κ3) is 1.37. The number of anilines is 1. The molecular formula is C9H7BrFNO2. The van der Waals surface area contributed by atoms with Gasteiger partial charge in [0.1, 0.15) is 11.9 Å². The van der Waals surface area contributed by atoms with Crippen LogP contribution < -0.4 is 5.32 Å². The molecule has 0 spiro atoms. The minimum Gasteiger partial charge on any atom is -0.480 e. The molecule has 5 heteroatoms. The van der Waals surface area contributed by atoms with Crippen molar-refractivity contribution in [3.8, 4) is 0 Å². The molecule has 2 rings (SSSR count). The van der Waals surface area contributed by atoms with Gasteiger partial charge in [-0.1, -0.05) is 0 Å². The molecule has 1 atom stereocenters. The van der Waals surface area contributed by atoms with E-state index in [0.717, 1.165) is 0 Å². The highest BCUT2D eigenvalue weighted by atomic mass is 79.9. The Morgan fingerprint density at radius 2 is 2.36 bits per heavy atom. The van der Waals surface area contributed by atoms with Gasteiger partial charge in [0.05, 0.1) is 4.47 Å². The summed E-state index contributed by atoms with van der Waals surface area (Å²) in [6.07, 6.45) is 0.190. The van der Waals surface area contributed by atoms with Gasteiger partial charge >= 0.3 is 5.97 Å². The van der Waals surface area contributed by atoms with E-state index in [9.17, 15) is 9.18 Å². The minimum absolute atomic E-state index is 0.190. The predicted molar refractivity (Wildman–Crippen MR) is 52.9 cm³/mol. The zero-order valence-corrected chi connectivity index (χ0v) is 8.64. The molecule has 0 fully saturated rings. The third-order valence-corrected chi connectivity index (χ3v) is 2.84. The van der Waals surface area contributed by atoms with Crippen molar-refractivity contribution in [3.63, 3.8) is 0 Å². The van der Waals surface area contributed by atoms with Crippen LogP contribution in [0.15, 0.2) is 16.6 Å². The fourth-order valence-corrected chi connectivity index (χ4v) is 1.89. The van der Waals surface area contributed by atoms with E-state index in [1.54, 1.807) is 12.1 Å². The predicted octanol–water partition coefficient (Wildman–Crippen LogP) is 2.01. The average Bonchev–Trinajstić information content (AvgIpc) is 2.56. The summed E-state index contributed by atoms with van der Waals surface area (Å²) in [5.74, 6) is -1.34. The number of carbonyl (C=O) groups is 1. The molecule has 2 N–H and O–H groups in total. The van der Waals surface area contributed by atoms with Gasteiger partial charge in [-0.25, -0.2) is 9.18 Å². The van der Waals surface area contributed by atoms with Crippen molar-refractivity contribution in [2.75, 3.05) is 5.32 Å². The van der Waals surface area contributed by atoms with Crippen molar-refractivity contribution in [3.05, 3.63) is 28.0 Å². The monoisotopic (exact) mass is 259 g/mol. The van der Waals surface area contributed by atoms with E-state index < -0.39 is 12.0 Å². The molecule has 0 amide bonds. The summed E-state index contributed by atoms with van der Waals surface area (Å²) in [5, 5.41) is 11.5. The van der Waals surface area contributed by atoms with E-state index in [4.69, 9.17) is 5.11 Å². The molecule has 0 saturated carbocycles. The number of fused-ring (bicyclic) bond motifs is 1. The number of nitrogens with one attached hydrogen (secondary N) is 1. The van der Waals surface area contributed by atoms with Crippen LogP contribution in [0.1, 0.15) is 5.56 Å². The van der Waals surface area contributed by atoms with E-state index in [-0.39, 0.29) is 12.2 Å². The number of rotatable bonds is 1. The van der Waals surface area contributed by atoms with Crippen LogP contribution in [-0.4, -0.2) is 17.1 Å². The average molecular weight is 260 g/mol. The summed E-state index contributed by atoms with van der Waals surface area (Å²) < 4.78 is 13.8. The van der Waals surface area contributed by atoms with Crippen molar-refractivity contribution in [1.82, 2.24) is 0 Å². The van der Waals surface area contributed by atoms with Gasteiger partial charge in [0.2, 0.25) is 0 Å². The molecule has 1 heterocycles. The molecule has 14 heavy (non-hydrogen) atoms. The number of carboxylic acids is 1. The maximum absolute atomic E-state index is 13.5. The van der Waals surface area contributed by atoms with Gasteiger partial charge in [-0.3, -0.25) is 0 Å². The second-order valence-electron chi connectivity index (χ2n) is 3.13. The lowest BCUT2D eigenvalue weighted by atomic mass is 10.1. The Morgan fingerprint density at radius 3 is 3.00 bits per heavy atom. The lowest BCUT2D eigenvalue weighted by Gasteiger charge is -2.03. The molecule has 1 unspecified atom stereocenters. The summed E-state index contributed by atoms with van der Waals surface area (Å²) in [7, 11) is 0. The maximum Gasteiger partial charge on any atom is 0.326 e. The molecule has 0 bridgehead atoms. The minimum atomic E-state index is -0.961. The smallest absolute Gasteiger partial charge is 0.326 e. The summed E-state index contributed by atoms with van der Waals surface area (Å²) in [4.78, 5) is 10.7. The fraction of sp³-hybridized carbons (Fsp3) is 0.222. The number of halogens is 2. The Bertz CT molecular complexity index is 408. The zero-order chi connectivity index (χ0) is 10.3. The quantitative estimate of drug-likeness (QED) is 0.812. The van der Waals surface area contributed by atoms with Gasteiger partial charge in [0.25, 0.3) is 0 Å². The van der Waals surface area contributed by atoms with Crippen LogP contribution in [0.2, 0.25) is 0 Å². The molecule has 0 saturated heterocycles. The molecular weight excluding hydrogens is 253 g/mol. The Labute approximate surface area is 88.1 Å². The first-order valence-corrected chi connectivity index (χ1v) is 4.85. The molecule has 74 valence electrons. The molecule has 3 nitrogen and oxygen atoms in total. The summed E-state index contributed by atoms with van der Waals surface area (Å²) >= 11 is 3.06. The number of carboxylic acid groups (broad SMARTS) is 1. The van der Waals surface area contributed by atoms with E-state index >= 15 is 0 Å². The standard InChI is InChI=1S/C9H7BrFNO2/c10-5-1-2-6-4(8(5)11)3-7(12-6)9(13)14/h1-2,7,12H,3H2,(H,13,14). The third-order valence-electron chi connectivity index (χ3n) is 2.23. The highest BCUT2D eigenvalue weighted by Crippen LogP contribution is 2.32. The van der Waals surface area contributed by atoms with E-state index in [2.05, 4.69) is 21.2 Å². The molecule has 1 aliphatic rings. The normalized spacial score (nSPS) is 18.9. The van der Waals surface area contributed by atoms with Crippen LogP contribution in [-0.2, 0) is 11.2 Å². The molecule has 1 aromatic carbocycles. The van der Waals surface area contributed by atoms with Crippen molar-refractivity contribution >= 4 is 27.6 Å². The van der Waals surface area contributed by atoms with Crippen molar-refractivity contribution in [2.45, 2.75) is 12.5 Å². The van der Waals surface area contributed by atoms with Gasteiger partial charge in [-0.05, 0) is 28.1 Å². The largest absolute Gasteiger partial charge is 0.480 e. The Hall–Kier alpha value is -1.10. The Kier molecular flexibility index (Phi) is 2.19. The number of hydrogen-bond acceptors (Lipinski definition) is 2. The van der Waals surface area contributed by atoms with Crippen molar-refractivity contribution < 1.29 is 14.3 Å². The number of hydrogen-bond donors (Lipinski definition) is 2. The first-order valence-electron chi connectivity index (χ1n) is 4.06. The highest BCUT2D eigenvalue weighted by Gasteiger charge is 2.29. The second-order valence-corrected chi connectivity index (χ2v) is 3.98.